The van der Waals surface area contributed by atoms with Crippen molar-refractivity contribution >= 4 is 17.9 Å². The van der Waals surface area contributed by atoms with Crippen LogP contribution < -0.4 is 10.6 Å². The molecule has 1 atom stereocenters. The zero-order valence-electron chi connectivity index (χ0n) is 16.1. The molecule has 2 fully saturated rings. The molecule has 0 bridgehead atoms. The first kappa shape index (κ1) is 20.5. The number of hydrogen-bond donors (Lipinski definition) is 3. The normalized spacial score (nSPS) is 23.9. The van der Waals surface area contributed by atoms with Crippen LogP contribution in [0.4, 0.5) is 4.79 Å². The Morgan fingerprint density at radius 2 is 1.88 bits per heavy atom. The Morgan fingerprint density at radius 1 is 1.19 bits per heavy atom. The number of carboxylic acids is 1. The summed E-state index contributed by atoms with van der Waals surface area (Å²) >= 11 is 0. The van der Waals surface area contributed by atoms with Crippen molar-refractivity contribution in [2.45, 2.75) is 71.3 Å². The van der Waals surface area contributed by atoms with Gasteiger partial charge >= 0.3 is 12.0 Å². The number of urea groups is 1. The maximum atomic E-state index is 12.3. The van der Waals surface area contributed by atoms with Crippen LogP contribution in [0, 0.1) is 11.3 Å². The second-order valence-corrected chi connectivity index (χ2v) is 8.02. The van der Waals surface area contributed by atoms with Crippen molar-refractivity contribution in [2.24, 2.45) is 11.3 Å². The zero-order chi connectivity index (χ0) is 19.2. The predicted molar refractivity (Wildman–Crippen MR) is 98.7 cm³/mol. The Balaban J connectivity index is 1.66. The Labute approximate surface area is 155 Å². The number of carboxylic acid groups (broad SMARTS) is 1. The molecule has 2 rings (SSSR count). The van der Waals surface area contributed by atoms with E-state index in [0.29, 0.717) is 32.4 Å². The van der Waals surface area contributed by atoms with Gasteiger partial charge in [0.05, 0.1) is 5.41 Å². The lowest BCUT2D eigenvalue weighted by Gasteiger charge is -2.28. The van der Waals surface area contributed by atoms with Crippen LogP contribution in [0.1, 0.15) is 65.2 Å². The topological polar surface area (TPSA) is 98.7 Å². The maximum absolute atomic E-state index is 12.3. The molecule has 1 unspecified atom stereocenters. The van der Waals surface area contributed by atoms with Crippen molar-refractivity contribution in [1.82, 2.24) is 15.5 Å². The third-order valence-corrected chi connectivity index (χ3v) is 5.98. The summed E-state index contributed by atoms with van der Waals surface area (Å²) in [5, 5.41) is 15.4. The summed E-state index contributed by atoms with van der Waals surface area (Å²) in [4.78, 5) is 37.5. The molecule has 0 radical (unpaired) electrons. The van der Waals surface area contributed by atoms with Gasteiger partial charge in [0.1, 0.15) is 0 Å². The van der Waals surface area contributed by atoms with Crippen LogP contribution in [-0.2, 0) is 9.59 Å². The molecular formula is C19H33N3O4. The van der Waals surface area contributed by atoms with E-state index in [1.165, 1.54) is 19.3 Å². The van der Waals surface area contributed by atoms with E-state index in [4.69, 9.17) is 0 Å². The lowest BCUT2D eigenvalue weighted by molar-refractivity contribution is -0.151. The minimum absolute atomic E-state index is 0.0112. The van der Waals surface area contributed by atoms with Crippen molar-refractivity contribution < 1.29 is 19.5 Å². The third kappa shape index (κ3) is 5.11. The van der Waals surface area contributed by atoms with E-state index in [0.717, 1.165) is 12.8 Å². The van der Waals surface area contributed by atoms with Crippen LogP contribution in [0.25, 0.3) is 0 Å². The number of rotatable bonds is 7. The van der Waals surface area contributed by atoms with Crippen LogP contribution in [0.2, 0.25) is 0 Å². The number of nitrogens with zero attached hydrogens (tertiary/aromatic N) is 1. The number of carbonyl (C=O) groups is 3. The van der Waals surface area contributed by atoms with E-state index in [-0.39, 0.29) is 30.4 Å². The van der Waals surface area contributed by atoms with Crippen molar-refractivity contribution in [3.05, 3.63) is 0 Å². The monoisotopic (exact) mass is 367 g/mol. The Kier molecular flexibility index (Phi) is 7.29. The minimum Gasteiger partial charge on any atom is -0.481 e. The first-order chi connectivity index (χ1) is 12.3. The van der Waals surface area contributed by atoms with Gasteiger partial charge in [0.15, 0.2) is 0 Å². The quantitative estimate of drug-likeness (QED) is 0.602. The minimum atomic E-state index is -0.826. The van der Waals surface area contributed by atoms with Crippen LogP contribution in [0.15, 0.2) is 0 Å². The molecule has 1 aliphatic carbocycles. The Hall–Kier alpha value is -1.79. The van der Waals surface area contributed by atoms with Gasteiger partial charge in [-0.2, -0.15) is 0 Å². The van der Waals surface area contributed by atoms with Crippen LogP contribution in [-0.4, -0.2) is 53.6 Å². The van der Waals surface area contributed by atoms with Gasteiger partial charge in [0.2, 0.25) is 5.91 Å². The summed E-state index contributed by atoms with van der Waals surface area (Å²) < 4.78 is 0. The fraction of sp³-hybridized carbons (Fsp3) is 0.842. The highest BCUT2D eigenvalue weighted by Crippen LogP contribution is 2.38. The average molecular weight is 367 g/mol. The largest absolute Gasteiger partial charge is 0.481 e. The fourth-order valence-corrected chi connectivity index (χ4v) is 4.02. The molecule has 3 amide bonds. The smallest absolute Gasteiger partial charge is 0.315 e. The van der Waals surface area contributed by atoms with Crippen LogP contribution >= 0.6 is 0 Å². The van der Waals surface area contributed by atoms with E-state index < -0.39 is 11.4 Å². The van der Waals surface area contributed by atoms with Gasteiger partial charge in [-0.3, -0.25) is 9.59 Å². The number of nitrogens with one attached hydrogen (secondary N) is 2. The Bertz CT molecular complexity index is 517. The number of hydrogen-bond acceptors (Lipinski definition) is 3. The van der Waals surface area contributed by atoms with Crippen molar-refractivity contribution in [1.29, 1.82) is 0 Å². The highest BCUT2D eigenvalue weighted by Gasteiger charge is 2.48. The first-order valence-electron chi connectivity index (χ1n) is 9.90. The standard InChI is InChI=1S/C19H33N3O4/c1-14(2)19(17(24)25)10-12-22(13-19)16(23)9-6-11-20-18(26)21-15-7-4-3-5-8-15/h14-15H,3-13H2,1-2H3,(H,24,25)(H2,20,21,26). The van der Waals surface area contributed by atoms with Crippen molar-refractivity contribution in [3.8, 4) is 0 Å². The zero-order valence-corrected chi connectivity index (χ0v) is 16.1. The number of amides is 3. The van der Waals surface area contributed by atoms with Crippen molar-refractivity contribution in [2.75, 3.05) is 19.6 Å². The lowest BCUT2D eigenvalue weighted by atomic mass is 9.76. The SMILES string of the molecule is CC(C)C1(C(=O)O)CCN(C(=O)CCCNC(=O)NC2CCCCC2)C1. The maximum Gasteiger partial charge on any atom is 0.315 e. The van der Waals surface area contributed by atoms with E-state index in [1.807, 2.05) is 13.8 Å². The molecule has 0 spiro atoms. The second kappa shape index (κ2) is 9.24. The van der Waals surface area contributed by atoms with Gasteiger partial charge in [-0.05, 0) is 31.6 Å². The van der Waals surface area contributed by atoms with Gasteiger partial charge in [0, 0.05) is 32.1 Å². The summed E-state index contributed by atoms with van der Waals surface area (Å²) in [5.41, 5.74) is -0.826. The number of aliphatic carboxylic acids is 1. The highest BCUT2D eigenvalue weighted by molar-refractivity contribution is 5.81. The molecule has 1 saturated carbocycles. The molecule has 0 aromatic rings. The molecule has 148 valence electrons. The molecule has 2 aliphatic rings. The molecule has 1 heterocycles. The highest BCUT2D eigenvalue weighted by atomic mass is 16.4. The second-order valence-electron chi connectivity index (χ2n) is 8.02. The molecule has 7 heteroatoms. The van der Waals surface area contributed by atoms with E-state index in [9.17, 15) is 19.5 Å². The molecule has 26 heavy (non-hydrogen) atoms. The molecule has 0 aromatic carbocycles. The summed E-state index contributed by atoms with van der Waals surface area (Å²) in [6.45, 7) is 5.04. The predicted octanol–water partition coefficient (Wildman–Crippen LogP) is 2.36. The summed E-state index contributed by atoms with van der Waals surface area (Å²) in [7, 11) is 0. The van der Waals surface area contributed by atoms with Crippen LogP contribution in [0.3, 0.4) is 0 Å². The fourth-order valence-electron chi connectivity index (χ4n) is 4.02. The van der Waals surface area contributed by atoms with Gasteiger partial charge in [0.25, 0.3) is 0 Å². The van der Waals surface area contributed by atoms with E-state index in [1.54, 1.807) is 4.90 Å². The van der Waals surface area contributed by atoms with Crippen molar-refractivity contribution in [3.63, 3.8) is 0 Å². The number of carbonyl (C=O) groups excluding carboxylic acids is 2. The molecule has 3 N–H and O–H groups in total. The first-order valence-corrected chi connectivity index (χ1v) is 9.90. The number of likely N-dealkylation sites (tertiary alicyclic amines) is 1. The lowest BCUT2D eigenvalue weighted by Crippen LogP contribution is -2.43. The van der Waals surface area contributed by atoms with Crippen LogP contribution in [0.5, 0.6) is 0 Å². The van der Waals surface area contributed by atoms with Gasteiger partial charge < -0.3 is 20.6 Å². The molecule has 0 aromatic heterocycles. The summed E-state index contributed by atoms with van der Waals surface area (Å²) in [6, 6.07) is 0.116. The third-order valence-electron chi connectivity index (χ3n) is 5.98. The van der Waals surface area contributed by atoms with Gasteiger partial charge in [-0.15, -0.1) is 0 Å². The Morgan fingerprint density at radius 3 is 2.46 bits per heavy atom. The van der Waals surface area contributed by atoms with E-state index in [2.05, 4.69) is 10.6 Å². The van der Waals surface area contributed by atoms with E-state index >= 15 is 0 Å². The van der Waals surface area contributed by atoms with Gasteiger partial charge in [-0.1, -0.05) is 33.1 Å². The molecule has 1 saturated heterocycles. The summed E-state index contributed by atoms with van der Waals surface area (Å²) in [6.07, 6.45) is 7.08. The average Bonchev–Trinajstić information content (AvgIpc) is 3.06. The summed E-state index contributed by atoms with van der Waals surface area (Å²) in [5.74, 6) is -0.852. The van der Waals surface area contributed by atoms with Gasteiger partial charge in [-0.25, -0.2) is 4.79 Å². The molecular weight excluding hydrogens is 334 g/mol. The molecule has 7 nitrogen and oxygen atoms in total. The molecule has 1 aliphatic heterocycles.